The molecule has 0 aliphatic rings. The Hall–Kier alpha value is -1.43. The van der Waals surface area contributed by atoms with Gasteiger partial charge in [0.25, 0.3) is 0 Å². The molecule has 1 aromatic carbocycles. The van der Waals surface area contributed by atoms with E-state index in [0.717, 1.165) is 21.6 Å². The van der Waals surface area contributed by atoms with Gasteiger partial charge in [0.1, 0.15) is 0 Å². The zero-order valence-corrected chi connectivity index (χ0v) is 9.81. The van der Waals surface area contributed by atoms with Crippen molar-refractivity contribution in [2.24, 2.45) is 0 Å². The van der Waals surface area contributed by atoms with E-state index in [4.69, 9.17) is 18.0 Å². The van der Waals surface area contributed by atoms with E-state index >= 15 is 0 Å². The van der Waals surface area contributed by atoms with Crippen LogP contribution in [0.15, 0.2) is 24.3 Å². The highest BCUT2D eigenvalue weighted by molar-refractivity contribution is 6.36. The van der Waals surface area contributed by atoms with Crippen LogP contribution in [0.2, 0.25) is 5.02 Å². The number of benzene rings is 1. The number of para-hydroxylation sites is 1. The molecular formula is C13H13ClN2. The Bertz CT molecular complexity index is 536. The van der Waals surface area contributed by atoms with Crippen LogP contribution < -0.4 is 5.32 Å². The van der Waals surface area contributed by atoms with Gasteiger partial charge < -0.3 is 4.98 Å². The van der Waals surface area contributed by atoms with Crippen molar-refractivity contribution in [1.29, 1.82) is 0 Å². The molecule has 1 atom stereocenters. The summed E-state index contributed by atoms with van der Waals surface area (Å²) in [4.78, 5) is 3.28. The Morgan fingerprint density at radius 1 is 1.50 bits per heavy atom. The minimum absolute atomic E-state index is 0.0440. The maximum absolute atomic E-state index is 6.26. The highest BCUT2D eigenvalue weighted by Crippen LogP contribution is 2.26. The highest BCUT2D eigenvalue weighted by Gasteiger charge is 2.08. The van der Waals surface area contributed by atoms with Gasteiger partial charge in [0.15, 0.2) is 0 Å². The summed E-state index contributed by atoms with van der Waals surface area (Å²) in [6, 6.07) is 8.01. The lowest BCUT2D eigenvalue weighted by atomic mass is 10.2. The molecule has 0 saturated carbocycles. The Morgan fingerprint density at radius 2 is 2.25 bits per heavy atom. The molecule has 0 spiro atoms. The summed E-state index contributed by atoms with van der Waals surface area (Å²) >= 11 is 6.26. The Labute approximate surface area is 100.0 Å². The molecule has 2 rings (SSSR count). The van der Waals surface area contributed by atoms with Crippen LogP contribution in [0.1, 0.15) is 12.6 Å². The van der Waals surface area contributed by atoms with Gasteiger partial charge in [-0.2, -0.15) is 0 Å². The van der Waals surface area contributed by atoms with Crippen molar-refractivity contribution in [3.05, 3.63) is 35.0 Å². The lowest BCUT2D eigenvalue weighted by molar-refractivity contribution is 0.641. The topological polar surface area (TPSA) is 27.8 Å². The zero-order chi connectivity index (χ0) is 11.5. The number of nitrogens with one attached hydrogen (secondary N) is 2. The summed E-state index contributed by atoms with van der Waals surface area (Å²) < 4.78 is 0. The largest absolute Gasteiger partial charge is 0.356 e. The fourth-order valence-electron chi connectivity index (χ4n) is 1.60. The van der Waals surface area contributed by atoms with E-state index in [1.54, 1.807) is 0 Å². The smallest absolute Gasteiger partial charge is 0.0705 e. The van der Waals surface area contributed by atoms with Crippen molar-refractivity contribution in [3.63, 3.8) is 0 Å². The van der Waals surface area contributed by atoms with Crippen LogP contribution in [0.25, 0.3) is 10.9 Å². The molecule has 1 aromatic heterocycles. The van der Waals surface area contributed by atoms with Crippen LogP contribution in [0, 0.1) is 12.3 Å². The zero-order valence-electron chi connectivity index (χ0n) is 9.05. The summed E-state index contributed by atoms with van der Waals surface area (Å²) in [6.45, 7) is 2.59. The van der Waals surface area contributed by atoms with Gasteiger partial charge in [-0.15, -0.1) is 6.42 Å². The fraction of sp³-hybridized carbons (Fsp3) is 0.231. The number of halogens is 1. The maximum atomic E-state index is 6.26. The Kier molecular flexibility index (Phi) is 3.19. The quantitative estimate of drug-likeness (QED) is 0.783. The van der Waals surface area contributed by atoms with Crippen molar-refractivity contribution >= 4 is 22.5 Å². The van der Waals surface area contributed by atoms with Crippen molar-refractivity contribution in [2.75, 3.05) is 0 Å². The molecule has 0 aliphatic carbocycles. The van der Waals surface area contributed by atoms with Gasteiger partial charge in [-0.05, 0) is 13.0 Å². The van der Waals surface area contributed by atoms with Gasteiger partial charge in [-0.3, -0.25) is 5.32 Å². The molecule has 1 heterocycles. The first-order valence-corrected chi connectivity index (χ1v) is 5.54. The molecule has 2 N–H and O–H groups in total. The predicted octanol–water partition coefficient (Wildman–Crippen LogP) is 2.93. The van der Waals surface area contributed by atoms with E-state index < -0.39 is 0 Å². The second-order valence-corrected chi connectivity index (χ2v) is 4.11. The number of hydrogen-bond donors (Lipinski definition) is 2. The molecule has 2 aromatic rings. The number of aromatic amines is 1. The average molecular weight is 233 g/mol. The first-order valence-electron chi connectivity index (χ1n) is 5.17. The normalized spacial score (nSPS) is 12.6. The molecule has 0 bridgehead atoms. The first-order chi connectivity index (χ1) is 7.72. The van der Waals surface area contributed by atoms with Gasteiger partial charge in [0.2, 0.25) is 0 Å². The van der Waals surface area contributed by atoms with Crippen molar-refractivity contribution in [2.45, 2.75) is 19.5 Å². The van der Waals surface area contributed by atoms with Crippen LogP contribution in [0.4, 0.5) is 0 Å². The third-order valence-corrected chi connectivity index (χ3v) is 2.98. The van der Waals surface area contributed by atoms with Gasteiger partial charge >= 0.3 is 0 Å². The van der Waals surface area contributed by atoms with E-state index in [0.29, 0.717) is 6.54 Å². The lowest BCUT2D eigenvalue weighted by Crippen LogP contribution is -2.23. The summed E-state index contributed by atoms with van der Waals surface area (Å²) in [7, 11) is 0. The SMILES string of the molecule is C#CC(C)NCc1[nH]c2ccccc2c1Cl. The molecule has 0 amide bonds. The summed E-state index contributed by atoms with van der Waals surface area (Å²) in [5.74, 6) is 2.62. The van der Waals surface area contributed by atoms with Crippen LogP contribution >= 0.6 is 11.6 Å². The third-order valence-electron chi connectivity index (χ3n) is 2.55. The monoisotopic (exact) mass is 232 g/mol. The molecule has 2 nitrogen and oxygen atoms in total. The lowest BCUT2D eigenvalue weighted by Gasteiger charge is -2.05. The van der Waals surface area contributed by atoms with Gasteiger partial charge in [0, 0.05) is 23.1 Å². The van der Waals surface area contributed by atoms with Gasteiger partial charge in [0.05, 0.1) is 11.1 Å². The maximum Gasteiger partial charge on any atom is 0.0705 e. The Balaban J connectivity index is 2.25. The minimum Gasteiger partial charge on any atom is -0.356 e. The van der Waals surface area contributed by atoms with Crippen molar-refractivity contribution < 1.29 is 0 Å². The van der Waals surface area contributed by atoms with E-state index in [1.165, 1.54) is 0 Å². The van der Waals surface area contributed by atoms with Gasteiger partial charge in [-0.1, -0.05) is 35.7 Å². The fourth-order valence-corrected chi connectivity index (χ4v) is 1.88. The van der Waals surface area contributed by atoms with Crippen LogP contribution in [0.5, 0.6) is 0 Å². The van der Waals surface area contributed by atoms with Crippen molar-refractivity contribution in [3.8, 4) is 12.3 Å². The molecule has 0 fully saturated rings. The minimum atomic E-state index is 0.0440. The summed E-state index contributed by atoms with van der Waals surface area (Å²) in [5.41, 5.74) is 2.03. The van der Waals surface area contributed by atoms with E-state index in [-0.39, 0.29) is 6.04 Å². The molecule has 0 radical (unpaired) electrons. The summed E-state index contributed by atoms with van der Waals surface area (Å²) in [6.07, 6.45) is 5.29. The Morgan fingerprint density at radius 3 is 2.94 bits per heavy atom. The van der Waals surface area contributed by atoms with Crippen molar-refractivity contribution in [1.82, 2.24) is 10.3 Å². The number of rotatable bonds is 3. The molecule has 3 heteroatoms. The molecule has 16 heavy (non-hydrogen) atoms. The van der Waals surface area contributed by atoms with Crippen LogP contribution in [-0.2, 0) is 6.54 Å². The predicted molar refractivity (Wildman–Crippen MR) is 68.4 cm³/mol. The summed E-state index contributed by atoms with van der Waals surface area (Å²) in [5, 5.41) is 5.02. The number of fused-ring (bicyclic) bond motifs is 1. The number of hydrogen-bond acceptors (Lipinski definition) is 1. The van der Waals surface area contributed by atoms with Crippen LogP contribution in [0.3, 0.4) is 0 Å². The molecule has 1 unspecified atom stereocenters. The number of H-pyrrole nitrogens is 1. The second-order valence-electron chi connectivity index (χ2n) is 3.73. The van der Waals surface area contributed by atoms with E-state index in [9.17, 15) is 0 Å². The average Bonchev–Trinajstić information content (AvgIpc) is 2.64. The molecular weight excluding hydrogens is 220 g/mol. The highest BCUT2D eigenvalue weighted by atomic mass is 35.5. The molecule has 0 aliphatic heterocycles. The molecule has 82 valence electrons. The van der Waals surface area contributed by atoms with Gasteiger partial charge in [-0.25, -0.2) is 0 Å². The number of aromatic nitrogens is 1. The standard InChI is InChI=1S/C13H13ClN2/c1-3-9(2)15-8-12-13(14)10-6-4-5-7-11(10)16-12/h1,4-7,9,15-16H,8H2,2H3. The third kappa shape index (κ3) is 2.06. The van der Waals surface area contributed by atoms with E-state index in [2.05, 4.69) is 16.2 Å². The van der Waals surface area contributed by atoms with E-state index in [1.807, 2.05) is 31.2 Å². The van der Waals surface area contributed by atoms with Crippen LogP contribution in [-0.4, -0.2) is 11.0 Å². The first kappa shape index (κ1) is 11.1. The second kappa shape index (κ2) is 4.61. The number of terminal acetylenes is 1. The molecule has 0 saturated heterocycles.